The molecule has 1 fully saturated rings. The number of carbonyl (C=O) groups excluding carboxylic acids is 1. The van der Waals surface area contributed by atoms with Crippen molar-refractivity contribution in [1.29, 1.82) is 5.26 Å². The number of anilines is 1. The van der Waals surface area contributed by atoms with Crippen molar-refractivity contribution in [3.8, 4) is 6.07 Å². The smallest absolute Gasteiger partial charge is 0.234 e. The molecule has 1 amide bonds. The molecule has 0 aromatic heterocycles. The fourth-order valence-electron chi connectivity index (χ4n) is 2.46. The number of nitrogens with zero attached hydrogens (tertiary/aromatic N) is 1. The first-order valence-corrected chi connectivity index (χ1v) is 5.87. The predicted molar refractivity (Wildman–Crippen MR) is 64.6 cm³/mol. The molecular weight excluding hydrogens is 212 g/mol. The first kappa shape index (κ1) is 10.3. The summed E-state index contributed by atoms with van der Waals surface area (Å²) < 4.78 is 0. The zero-order valence-electron chi connectivity index (χ0n) is 10.0. The fraction of sp³-hybridized carbons (Fsp3) is 0.429. The molecule has 0 radical (unpaired) electrons. The van der Waals surface area contributed by atoms with Gasteiger partial charge in [0.15, 0.2) is 0 Å². The van der Waals surface area contributed by atoms with Crippen LogP contribution in [0.2, 0.25) is 0 Å². The van der Waals surface area contributed by atoms with Gasteiger partial charge in [0.1, 0.15) is 0 Å². The highest BCUT2D eigenvalue weighted by Crippen LogP contribution is 2.49. The molecule has 0 unspecified atom stereocenters. The van der Waals surface area contributed by atoms with Crippen LogP contribution in [0.15, 0.2) is 18.2 Å². The van der Waals surface area contributed by atoms with Gasteiger partial charge in [0.25, 0.3) is 0 Å². The Morgan fingerprint density at radius 1 is 1.35 bits per heavy atom. The zero-order valence-corrected chi connectivity index (χ0v) is 10.0. The van der Waals surface area contributed by atoms with Gasteiger partial charge in [-0.3, -0.25) is 4.79 Å². The molecule has 0 bridgehead atoms. The molecule has 0 spiro atoms. The topological polar surface area (TPSA) is 52.9 Å². The second-order valence-corrected chi connectivity index (χ2v) is 5.53. The number of fused-ring (bicyclic) bond motifs is 1. The Morgan fingerprint density at radius 2 is 2.06 bits per heavy atom. The lowest BCUT2D eigenvalue weighted by atomic mass is 9.83. The molecule has 0 saturated heterocycles. The van der Waals surface area contributed by atoms with Gasteiger partial charge >= 0.3 is 0 Å². The summed E-state index contributed by atoms with van der Waals surface area (Å²) in [6.07, 6.45) is 1.87. The maximum atomic E-state index is 11.8. The van der Waals surface area contributed by atoms with Crippen LogP contribution in [0.3, 0.4) is 0 Å². The lowest BCUT2D eigenvalue weighted by Crippen LogP contribution is -2.27. The molecule has 1 aliphatic heterocycles. The van der Waals surface area contributed by atoms with E-state index in [4.69, 9.17) is 0 Å². The number of hydrogen-bond acceptors (Lipinski definition) is 2. The van der Waals surface area contributed by atoms with Gasteiger partial charge < -0.3 is 5.32 Å². The highest BCUT2D eigenvalue weighted by Gasteiger charge is 2.46. The molecule has 1 aromatic carbocycles. The molecule has 1 heterocycles. The van der Waals surface area contributed by atoms with Gasteiger partial charge in [0.05, 0.1) is 16.9 Å². The summed E-state index contributed by atoms with van der Waals surface area (Å²) in [6.45, 7) is 3.84. The van der Waals surface area contributed by atoms with Crippen LogP contribution in [0.25, 0.3) is 0 Å². The Labute approximate surface area is 100 Å². The van der Waals surface area contributed by atoms with E-state index < -0.39 is 5.41 Å². The number of nitrogens with one attached hydrogen (secondary N) is 1. The van der Waals surface area contributed by atoms with E-state index >= 15 is 0 Å². The van der Waals surface area contributed by atoms with Gasteiger partial charge in [-0.05, 0) is 43.9 Å². The lowest BCUT2D eigenvalue weighted by Gasteiger charge is -2.16. The largest absolute Gasteiger partial charge is 0.325 e. The summed E-state index contributed by atoms with van der Waals surface area (Å²) in [5.74, 6) is 0.0338. The van der Waals surface area contributed by atoms with Crippen molar-refractivity contribution in [2.24, 2.45) is 0 Å². The highest BCUT2D eigenvalue weighted by atomic mass is 16.2. The summed E-state index contributed by atoms with van der Waals surface area (Å²) in [6, 6.07) is 8.32. The normalized spacial score (nSPS) is 22.5. The molecule has 17 heavy (non-hydrogen) atoms. The SMILES string of the molecule is CC1(C)C(=O)Nc2ccc(C3(C#N)CC3)cc21. The number of nitriles is 1. The van der Waals surface area contributed by atoms with E-state index in [1.54, 1.807) is 0 Å². The van der Waals surface area contributed by atoms with E-state index in [0.717, 1.165) is 29.7 Å². The quantitative estimate of drug-likeness (QED) is 0.799. The Balaban J connectivity index is 2.13. The average molecular weight is 226 g/mol. The fourth-order valence-corrected chi connectivity index (χ4v) is 2.46. The van der Waals surface area contributed by atoms with Crippen LogP contribution >= 0.6 is 0 Å². The van der Waals surface area contributed by atoms with Crippen molar-refractivity contribution in [3.05, 3.63) is 29.3 Å². The summed E-state index contributed by atoms with van der Waals surface area (Å²) in [5.41, 5.74) is 2.19. The molecule has 86 valence electrons. The van der Waals surface area contributed by atoms with E-state index in [9.17, 15) is 10.1 Å². The minimum atomic E-state index is -0.489. The molecule has 2 aliphatic rings. The van der Waals surface area contributed by atoms with Crippen LogP contribution in [0, 0.1) is 11.3 Å². The first-order valence-electron chi connectivity index (χ1n) is 5.87. The van der Waals surface area contributed by atoms with E-state index in [2.05, 4.69) is 11.4 Å². The molecule has 1 N–H and O–H groups in total. The standard InChI is InChI=1S/C14H14N2O/c1-13(2)10-7-9(14(8-15)5-6-14)3-4-11(10)16-12(13)17/h3-4,7H,5-6H2,1-2H3,(H,16,17). The molecule has 3 nitrogen and oxygen atoms in total. The molecule has 1 saturated carbocycles. The first-order chi connectivity index (χ1) is 7.99. The van der Waals surface area contributed by atoms with Crippen LogP contribution in [-0.2, 0) is 15.6 Å². The predicted octanol–water partition coefficient (Wildman–Crippen LogP) is 2.47. The van der Waals surface area contributed by atoms with Gasteiger partial charge in [0, 0.05) is 5.69 Å². The minimum absolute atomic E-state index is 0.0338. The second-order valence-electron chi connectivity index (χ2n) is 5.53. The zero-order chi connectivity index (χ0) is 12.3. The number of amides is 1. The lowest BCUT2D eigenvalue weighted by molar-refractivity contribution is -0.119. The van der Waals surface area contributed by atoms with Crippen LogP contribution in [0.5, 0.6) is 0 Å². The van der Waals surface area contributed by atoms with Crippen molar-refractivity contribution in [1.82, 2.24) is 0 Å². The maximum Gasteiger partial charge on any atom is 0.234 e. The third kappa shape index (κ3) is 1.24. The van der Waals surface area contributed by atoms with Gasteiger partial charge in [-0.25, -0.2) is 0 Å². The highest BCUT2D eigenvalue weighted by molar-refractivity contribution is 6.05. The summed E-state index contributed by atoms with van der Waals surface area (Å²) in [4.78, 5) is 11.8. The van der Waals surface area contributed by atoms with Crippen molar-refractivity contribution >= 4 is 11.6 Å². The molecule has 1 aromatic rings. The van der Waals surface area contributed by atoms with Crippen LogP contribution < -0.4 is 5.32 Å². The number of rotatable bonds is 1. The van der Waals surface area contributed by atoms with Gasteiger partial charge in [-0.15, -0.1) is 0 Å². The van der Waals surface area contributed by atoms with Gasteiger partial charge in [-0.2, -0.15) is 5.26 Å². The third-order valence-corrected chi connectivity index (χ3v) is 4.03. The summed E-state index contributed by atoms with van der Waals surface area (Å²) in [5, 5.41) is 12.1. The van der Waals surface area contributed by atoms with Crippen molar-refractivity contribution in [3.63, 3.8) is 0 Å². The molecule has 3 rings (SSSR count). The van der Waals surface area contributed by atoms with E-state index in [0.29, 0.717) is 0 Å². The Bertz CT molecular complexity index is 562. The van der Waals surface area contributed by atoms with Crippen molar-refractivity contribution in [2.75, 3.05) is 5.32 Å². The number of hydrogen-bond donors (Lipinski definition) is 1. The van der Waals surface area contributed by atoms with E-state index in [-0.39, 0.29) is 11.3 Å². The third-order valence-electron chi connectivity index (χ3n) is 4.03. The Kier molecular flexibility index (Phi) is 1.76. The van der Waals surface area contributed by atoms with Crippen LogP contribution in [0.4, 0.5) is 5.69 Å². The monoisotopic (exact) mass is 226 g/mol. The molecular formula is C14H14N2O. The molecule has 3 heteroatoms. The van der Waals surface area contributed by atoms with Crippen molar-refractivity contribution in [2.45, 2.75) is 37.5 Å². The number of benzene rings is 1. The average Bonchev–Trinajstić information content (AvgIpc) is 3.06. The van der Waals surface area contributed by atoms with E-state index in [1.165, 1.54) is 0 Å². The van der Waals surface area contributed by atoms with Crippen LogP contribution in [-0.4, -0.2) is 5.91 Å². The Morgan fingerprint density at radius 3 is 2.65 bits per heavy atom. The van der Waals surface area contributed by atoms with Crippen LogP contribution in [0.1, 0.15) is 37.8 Å². The van der Waals surface area contributed by atoms with Gasteiger partial charge in [-0.1, -0.05) is 12.1 Å². The van der Waals surface area contributed by atoms with Crippen molar-refractivity contribution < 1.29 is 4.79 Å². The van der Waals surface area contributed by atoms with Gasteiger partial charge in [0.2, 0.25) is 5.91 Å². The van der Waals surface area contributed by atoms with E-state index in [1.807, 2.05) is 32.0 Å². The molecule has 0 atom stereocenters. The second kappa shape index (κ2) is 2.89. The number of carbonyl (C=O) groups is 1. The minimum Gasteiger partial charge on any atom is -0.325 e. The summed E-state index contributed by atoms with van der Waals surface area (Å²) >= 11 is 0. The Hall–Kier alpha value is -1.82. The maximum absolute atomic E-state index is 11.8. The summed E-state index contributed by atoms with van der Waals surface area (Å²) in [7, 11) is 0. The molecule has 1 aliphatic carbocycles.